The molecule has 0 fully saturated rings. The largest absolute Gasteiger partial charge is 0.365 e. The van der Waals surface area contributed by atoms with Gasteiger partial charge in [0.2, 0.25) is 0 Å². The number of pyridine rings is 1. The third-order valence-corrected chi connectivity index (χ3v) is 3.21. The maximum Gasteiger partial charge on any atom is 0.135 e. The van der Waals surface area contributed by atoms with Crippen molar-refractivity contribution in [2.24, 2.45) is 0 Å². The Bertz CT molecular complexity index is 695. The van der Waals surface area contributed by atoms with Crippen LogP contribution in [-0.2, 0) is 6.54 Å². The van der Waals surface area contributed by atoms with E-state index in [1.807, 2.05) is 48.5 Å². The predicted molar refractivity (Wildman–Crippen MR) is 80.5 cm³/mol. The van der Waals surface area contributed by atoms with Gasteiger partial charge in [-0.25, -0.2) is 4.98 Å². The van der Waals surface area contributed by atoms with Gasteiger partial charge < -0.3 is 5.32 Å². The first kappa shape index (κ1) is 12.0. The number of nitrogens with one attached hydrogen (secondary N) is 1. The molecule has 1 aromatic heterocycles. The summed E-state index contributed by atoms with van der Waals surface area (Å²) in [6.45, 7) is 0.734. The molecule has 2 nitrogen and oxygen atoms in total. The number of nitrogens with zero attached hydrogens (tertiary/aromatic N) is 1. The van der Waals surface area contributed by atoms with Gasteiger partial charge in [-0.1, -0.05) is 66.2 Å². The van der Waals surface area contributed by atoms with E-state index in [2.05, 4.69) is 22.4 Å². The molecule has 19 heavy (non-hydrogen) atoms. The fraction of sp³-hybridized carbons (Fsp3) is 0.0625. The molecule has 0 radical (unpaired) electrons. The van der Waals surface area contributed by atoms with Crippen LogP contribution in [0.5, 0.6) is 0 Å². The van der Waals surface area contributed by atoms with E-state index < -0.39 is 0 Å². The van der Waals surface area contributed by atoms with Crippen molar-refractivity contribution in [3.8, 4) is 0 Å². The minimum atomic E-state index is 0.509. The Morgan fingerprint density at radius 2 is 1.68 bits per heavy atom. The third kappa shape index (κ3) is 2.69. The lowest BCUT2D eigenvalue weighted by Gasteiger charge is -2.09. The molecule has 1 heterocycles. The summed E-state index contributed by atoms with van der Waals surface area (Å²) in [5.41, 5.74) is 1.22. The topological polar surface area (TPSA) is 24.9 Å². The van der Waals surface area contributed by atoms with Gasteiger partial charge in [-0.2, -0.15) is 0 Å². The normalized spacial score (nSPS) is 10.6. The summed E-state index contributed by atoms with van der Waals surface area (Å²) >= 11 is 6.05. The minimum absolute atomic E-state index is 0.509. The van der Waals surface area contributed by atoms with Crippen LogP contribution in [0.2, 0.25) is 5.15 Å². The van der Waals surface area contributed by atoms with E-state index in [4.69, 9.17) is 11.6 Å². The van der Waals surface area contributed by atoms with Gasteiger partial charge in [-0.15, -0.1) is 0 Å². The quantitative estimate of drug-likeness (QED) is 0.708. The van der Waals surface area contributed by atoms with Crippen molar-refractivity contribution in [3.63, 3.8) is 0 Å². The van der Waals surface area contributed by atoms with E-state index in [-0.39, 0.29) is 0 Å². The summed E-state index contributed by atoms with van der Waals surface area (Å²) < 4.78 is 0. The van der Waals surface area contributed by atoms with Gasteiger partial charge in [0.1, 0.15) is 11.0 Å². The molecule has 3 heteroatoms. The molecule has 0 atom stereocenters. The highest BCUT2D eigenvalue weighted by molar-refractivity contribution is 6.30. The lowest BCUT2D eigenvalue weighted by Crippen LogP contribution is -2.02. The van der Waals surface area contributed by atoms with E-state index >= 15 is 0 Å². The summed E-state index contributed by atoms with van der Waals surface area (Å²) in [5.74, 6) is 0.826. The van der Waals surface area contributed by atoms with Crippen molar-refractivity contribution < 1.29 is 0 Å². The molecule has 0 amide bonds. The van der Waals surface area contributed by atoms with E-state index in [0.29, 0.717) is 5.15 Å². The van der Waals surface area contributed by atoms with Gasteiger partial charge in [-0.3, -0.25) is 0 Å². The standard InChI is InChI=1S/C16H13ClN2/c17-15-10-13-8-4-5-9-14(13)16(19-15)18-11-12-6-2-1-3-7-12/h1-10H,11H2,(H,18,19). The van der Waals surface area contributed by atoms with Crippen molar-refractivity contribution in [1.82, 2.24) is 4.98 Å². The van der Waals surface area contributed by atoms with E-state index in [1.165, 1.54) is 5.56 Å². The van der Waals surface area contributed by atoms with Crippen LogP contribution in [0.4, 0.5) is 5.82 Å². The maximum atomic E-state index is 6.05. The van der Waals surface area contributed by atoms with Crippen LogP contribution in [-0.4, -0.2) is 4.98 Å². The number of fused-ring (bicyclic) bond motifs is 1. The fourth-order valence-electron chi connectivity index (χ4n) is 2.08. The summed E-state index contributed by atoms with van der Waals surface area (Å²) in [7, 11) is 0. The van der Waals surface area contributed by atoms with Crippen LogP contribution in [0, 0.1) is 0 Å². The third-order valence-electron chi connectivity index (χ3n) is 3.01. The maximum absolute atomic E-state index is 6.05. The number of hydrogen-bond donors (Lipinski definition) is 1. The molecular formula is C16H13ClN2. The Hall–Kier alpha value is -2.06. The van der Waals surface area contributed by atoms with Gasteiger partial charge in [-0.05, 0) is 17.0 Å². The highest BCUT2D eigenvalue weighted by Crippen LogP contribution is 2.24. The summed E-state index contributed by atoms with van der Waals surface area (Å²) in [6, 6.07) is 20.2. The molecule has 0 spiro atoms. The minimum Gasteiger partial charge on any atom is -0.365 e. The molecule has 0 aliphatic heterocycles. The first-order valence-corrected chi connectivity index (χ1v) is 6.54. The molecular weight excluding hydrogens is 256 g/mol. The van der Waals surface area contributed by atoms with Gasteiger partial charge >= 0.3 is 0 Å². The van der Waals surface area contributed by atoms with Crippen molar-refractivity contribution in [3.05, 3.63) is 71.4 Å². The Balaban J connectivity index is 1.92. The molecule has 94 valence electrons. The van der Waals surface area contributed by atoms with Crippen LogP contribution < -0.4 is 5.32 Å². The zero-order valence-electron chi connectivity index (χ0n) is 10.3. The highest BCUT2D eigenvalue weighted by Gasteiger charge is 2.04. The molecule has 0 unspecified atom stereocenters. The van der Waals surface area contributed by atoms with Crippen LogP contribution in [0.3, 0.4) is 0 Å². The number of benzene rings is 2. The number of anilines is 1. The second kappa shape index (κ2) is 5.29. The van der Waals surface area contributed by atoms with Crippen LogP contribution in [0.1, 0.15) is 5.56 Å². The van der Waals surface area contributed by atoms with Crippen LogP contribution in [0.15, 0.2) is 60.7 Å². The predicted octanol–water partition coefficient (Wildman–Crippen LogP) is 4.50. The Kier molecular flexibility index (Phi) is 3.34. The molecule has 2 aromatic carbocycles. The summed E-state index contributed by atoms with van der Waals surface area (Å²) in [6.07, 6.45) is 0. The first-order chi connectivity index (χ1) is 9.33. The second-order valence-electron chi connectivity index (χ2n) is 4.35. The molecule has 1 N–H and O–H groups in total. The van der Waals surface area contributed by atoms with Gasteiger partial charge in [0, 0.05) is 11.9 Å². The Labute approximate surface area is 117 Å². The van der Waals surface area contributed by atoms with Crippen LogP contribution in [0.25, 0.3) is 10.8 Å². The lowest BCUT2D eigenvalue weighted by molar-refractivity contribution is 1.12. The molecule has 0 saturated heterocycles. The average Bonchev–Trinajstić information content (AvgIpc) is 2.45. The second-order valence-corrected chi connectivity index (χ2v) is 4.74. The van der Waals surface area contributed by atoms with Gasteiger partial charge in [0.25, 0.3) is 0 Å². The van der Waals surface area contributed by atoms with E-state index in [0.717, 1.165) is 23.1 Å². The van der Waals surface area contributed by atoms with Gasteiger partial charge in [0.15, 0.2) is 0 Å². The SMILES string of the molecule is Clc1cc2ccccc2c(NCc2ccccc2)n1. The molecule has 0 saturated carbocycles. The highest BCUT2D eigenvalue weighted by atomic mass is 35.5. The fourth-order valence-corrected chi connectivity index (χ4v) is 2.28. The molecule has 0 aliphatic rings. The zero-order chi connectivity index (χ0) is 13.1. The monoisotopic (exact) mass is 268 g/mol. The summed E-state index contributed by atoms with van der Waals surface area (Å²) in [4.78, 5) is 4.37. The van der Waals surface area contributed by atoms with Crippen molar-refractivity contribution in [2.75, 3.05) is 5.32 Å². The Morgan fingerprint density at radius 1 is 0.947 bits per heavy atom. The molecule has 3 aromatic rings. The van der Waals surface area contributed by atoms with Crippen LogP contribution >= 0.6 is 11.6 Å². The number of hydrogen-bond acceptors (Lipinski definition) is 2. The number of rotatable bonds is 3. The number of aromatic nitrogens is 1. The lowest BCUT2D eigenvalue weighted by atomic mass is 10.1. The van der Waals surface area contributed by atoms with Gasteiger partial charge in [0.05, 0.1) is 0 Å². The summed E-state index contributed by atoms with van der Waals surface area (Å²) in [5, 5.41) is 6.04. The van der Waals surface area contributed by atoms with Crippen molar-refractivity contribution in [2.45, 2.75) is 6.54 Å². The number of halogens is 1. The molecule has 3 rings (SSSR count). The molecule has 0 bridgehead atoms. The smallest absolute Gasteiger partial charge is 0.135 e. The molecule has 0 aliphatic carbocycles. The van der Waals surface area contributed by atoms with Crippen molar-refractivity contribution >= 4 is 28.2 Å². The van der Waals surface area contributed by atoms with E-state index in [1.54, 1.807) is 0 Å². The van der Waals surface area contributed by atoms with E-state index in [9.17, 15) is 0 Å². The Morgan fingerprint density at radius 3 is 2.53 bits per heavy atom. The van der Waals surface area contributed by atoms with Crippen molar-refractivity contribution in [1.29, 1.82) is 0 Å². The first-order valence-electron chi connectivity index (χ1n) is 6.16. The average molecular weight is 269 g/mol. The zero-order valence-corrected chi connectivity index (χ0v) is 11.1.